The van der Waals surface area contributed by atoms with E-state index in [2.05, 4.69) is 0 Å². The Hall–Kier alpha value is -2.11. The second kappa shape index (κ2) is 7.24. The Morgan fingerprint density at radius 2 is 2.14 bits per heavy atom. The van der Waals surface area contributed by atoms with Gasteiger partial charge in [-0.1, -0.05) is 12.1 Å². The van der Waals surface area contributed by atoms with Crippen molar-refractivity contribution in [3.8, 4) is 0 Å². The van der Waals surface area contributed by atoms with Crippen molar-refractivity contribution >= 4 is 17.7 Å². The minimum absolute atomic E-state index is 0.181. The van der Waals surface area contributed by atoms with Gasteiger partial charge in [-0.2, -0.15) is 0 Å². The van der Waals surface area contributed by atoms with Crippen LogP contribution in [0.2, 0.25) is 0 Å². The van der Waals surface area contributed by atoms with E-state index >= 15 is 0 Å². The monoisotopic (exact) mass is 308 g/mol. The molecule has 1 aliphatic heterocycles. The van der Waals surface area contributed by atoms with Gasteiger partial charge < -0.3 is 14.5 Å². The van der Waals surface area contributed by atoms with Crippen molar-refractivity contribution in [3.63, 3.8) is 0 Å². The summed E-state index contributed by atoms with van der Waals surface area (Å²) in [6.07, 6.45) is 1.03. The van der Waals surface area contributed by atoms with Gasteiger partial charge in [0.15, 0.2) is 0 Å². The first-order valence-electron chi connectivity index (χ1n) is 7.48. The maximum Gasteiger partial charge on any atom is 0.409 e. The Bertz CT molecular complexity index is 550. The number of piperidine rings is 1. The van der Waals surface area contributed by atoms with E-state index in [1.807, 2.05) is 0 Å². The molecule has 6 heteroatoms. The zero-order valence-electron chi connectivity index (χ0n) is 12.9. The van der Waals surface area contributed by atoms with Crippen LogP contribution in [-0.4, -0.2) is 43.6 Å². The summed E-state index contributed by atoms with van der Waals surface area (Å²) in [6.45, 7) is 2.96. The summed E-state index contributed by atoms with van der Waals surface area (Å²) in [5, 5.41) is 0. The minimum Gasteiger partial charge on any atom is -0.450 e. The number of rotatable bonds is 3. The predicted octanol–water partition coefficient (Wildman–Crippen LogP) is 2.66. The first-order valence-corrected chi connectivity index (χ1v) is 7.48. The number of carbonyl (C=O) groups excluding carboxylic acids is 2. The van der Waals surface area contributed by atoms with Crippen LogP contribution in [0, 0.1) is 11.7 Å². The van der Waals surface area contributed by atoms with Gasteiger partial charge in [-0.05, 0) is 31.9 Å². The van der Waals surface area contributed by atoms with Gasteiger partial charge in [0, 0.05) is 20.1 Å². The highest BCUT2D eigenvalue weighted by molar-refractivity contribution is 5.95. The predicted molar refractivity (Wildman–Crippen MR) is 81.1 cm³/mol. The smallest absolute Gasteiger partial charge is 0.409 e. The molecule has 1 aromatic carbocycles. The lowest BCUT2D eigenvalue weighted by molar-refractivity contribution is -0.123. The van der Waals surface area contributed by atoms with Gasteiger partial charge in [-0.3, -0.25) is 4.79 Å². The second-order valence-electron chi connectivity index (χ2n) is 5.33. The fourth-order valence-corrected chi connectivity index (χ4v) is 2.68. The number of hydrogen-bond donors (Lipinski definition) is 0. The van der Waals surface area contributed by atoms with Crippen molar-refractivity contribution in [2.24, 2.45) is 5.92 Å². The van der Waals surface area contributed by atoms with Crippen molar-refractivity contribution in [1.82, 2.24) is 4.90 Å². The van der Waals surface area contributed by atoms with E-state index in [9.17, 15) is 14.0 Å². The molecule has 0 N–H and O–H groups in total. The Morgan fingerprint density at radius 1 is 1.41 bits per heavy atom. The number of ether oxygens (including phenoxy) is 1. The lowest BCUT2D eigenvalue weighted by Crippen LogP contribution is -2.46. The number of amides is 2. The van der Waals surface area contributed by atoms with Crippen LogP contribution in [0.3, 0.4) is 0 Å². The topological polar surface area (TPSA) is 49.9 Å². The van der Waals surface area contributed by atoms with Crippen molar-refractivity contribution in [3.05, 3.63) is 30.1 Å². The van der Waals surface area contributed by atoms with Crippen molar-refractivity contribution < 1.29 is 18.7 Å². The molecule has 0 saturated carbocycles. The van der Waals surface area contributed by atoms with Gasteiger partial charge in [0.2, 0.25) is 5.91 Å². The van der Waals surface area contributed by atoms with Gasteiger partial charge in [0.05, 0.1) is 18.2 Å². The summed E-state index contributed by atoms with van der Waals surface area (Å²) in [5.41, 5.74) is 0.251. The third kappa shape index (κ3) is 3.55. The number of benzene rings is 1. The lowest BCUT2D eigenvalue weighted by atomic mass is 9.96. The molecule has 0 radical (unpaired) electrons. The maximum atomic E-state index is 13.8. The molecular weight excluding hydrogens is 287 g/mol. The van der Waals surface area contributed by atoms with Gasteiger partial charge in [0.1, 0.15) is 5.82 Å². The summed E-state index contributed by atoms with van der Waals surface area (Å²) in [6, 6.07) is 6.16. The van der Waals surface area contributed by atoms with Crippen LogP contribution in [0.4, 0.5) is 14.9 Å². The molecule has 120 valence electrons. The van der Waals surface area contributed by atoms with E-state index in [1.54, 1.807) is 37.1 Å². The van der Waals surface area contributed by atoms with Gasteiger partial charge in [-0.15, -0.1) is 0 Å². The van der Waals surface area contributed by atoms with Crippen LogP contribution >= 0.6 is 0 Å². The van der Waals surface area contributed by atoms with Crippen molar-refractivity contribution in [2.45, 2.75) is 19.8 Å². The van der Waals surface area contributed by atoms with Crippen LogP contribution in [0.1, 0.15) is 19.8 Å². The van der Waals surface area contributed by atoms with Gasteiger partial charge in [-0.25, -0.2) is 9.18 Å². The van der Waals surface area contributed by atoms with Crippen molar-refractivity contribution in [2.75, 3.05) is 31.6 Å². The molecule has 22 heavy (non-hydrogen) atoms. The Kier molecular flexibility index (Phi) is 5.35. The van der Waals surface area contributed by atoms with E-state index in [0.717, 1.165) is 6.42 Å². The number of halogens is 1. The minimum atomic E-state index is -0.434. The molecule has 1 atom stereocenters. The molecule has 1 aliphatic rings. The largest absolute Gasteiger partial charge is 0.450 e. The molecule has 0 aromatic heterocycles. The molecule has 0 unspecified atom stereocenters. The molecule has 5 nitrogen and oxygen atoms in total. The Labute approximate surface area is 129 Å². The summed E-state index contributed by atoms with van der Waals surface area (Å²) >= 11 is 0. The summed E-state index contributed by atoms with van der Waals surface area (Å²) in [5.74, 6) is -0.946. The van der Waals surface area contributed by atoms with Crippen molar-refractivity contribution in [1.29, 1.82) is 0 Å². The second-order valence-corrected chi connectivity index (χ2v) is 5.33. The standard InChI is InChI=1S/C16H21FN2O3/c1-3-22-16(21)19-10-6-7-12(11-19)15(20)18(2)14-9-5-4-8-13(14)17/h4-5,8-9,12H,3,6-7,10-11H2,1-2H3/t12-/m1/s1. The number of para-hydroxylation sites is 1. The summed E-state index contributed by atoms with van der Waals surface area (Å²) < 4.78 is 18.8. The molecule has 0 aliphatic carbocycles. The molecule has 1 saturated heterocycles. The average molecular weight is 308 g/mol. The van der Waals surface area contributed by atoms with Gasteiger partial charge in [0.25, 0.3) is 0 Å². The number of nitrogens with zero attached hydrogens (tertiary/aromatic N) is 2. The lowest BCUT2D eigenvalue weighted by Gasteiger charge is -2.33. The molecule has 1 heterocycles. The van der Waals surface area contributed by atoms with Crippen LogP contribution < -0.4 is 4.90 Å². The van der Waals surface area contributed by atoms with E-state index in [-0.39, 0.29) is 17.5 Å². The number of anilines is 1. The highest BCUT2D eigenvalue weighted by atomic mass is 19.1. The number of carbonyl (C=O) groups is 2. The highest BCUT2D eigenvalue weighted by Crippen LogP contribution is 2.24. The number of likely N-dealkylation sites (tertiary alicyclic amines) is 1. The van der Waals surface area contributed by atoms with E-state index < -0.39 is 11.9 Å². The van der Waals surface area contributed by atoms with Crippen LogP contribution in [-0.2, 0) is 9.53 Å². The molecule has 0 spiro atoms. The Balaban J connectivity index is 2.05. The molecule has 2 amide bonds. The Morgan fingerprint density at radius 3 is 2.82 bits per heavy atom. The van der Waals surface area contributed by atoms with E-state index in [0.29, 0.717) is 26.1 Å². The van der Waals surface area contributed by atoms with E-state index in [4.69, 9.17) is 4.74 Å². The quantitative estimate of drug-likeness (QED) is 0.862. The summed E-state index contributed by atoms with van der Waals surface area (Å²) in [4.78, 5) is 27.2. The average Bonchev–Trinajstić information content (AvgIpc) is 2.54. The van der Waals surface area contributed by atoms with Gasteiger partial charge >= 0.3 is 6.09 Å². The highest BCUT2D eigenvalue weighted by Gasteiger charge is 2.31. The zero-order chi connectivity index (χ0) is 16.1. The molecular formula is C16H21FN2O3. The fourth-order valence-electron chi connectivity index (χ4n) is 2.68. The molecule has 0 bridgehead atoms. The molecule has 2 rings (SSSR count). The van der Waals surface area contributed by atoms with Crippen LogP contribution in [0.25, 0.3) is 0 Å². The third-order valence-electron chi connectivity index (χ3n) is 3.84. The fraction of sp³-hybridized carbons (Fsp3) is 0.500. The SMILES string of the molecule is CCOC(=O)N1CCC[C@@H](C(=O)N(C)c2ccccc2F)C1. The normalized spacial score (nSPS) is 18.0. The summed E-state index contributed by atoms with van der Waals surface area (Å²) in [7, 11) is 1.56. The molecule has 1 fully saturated rings. The third-order valence-corrected chi connectivity index (χ3v) is 3.84. The molecule has 1 aromatic rings. The maximum absolute atomic E-state index is 13.8. The first kappa shape index (κ1) is 16.3. The number of hydrogen-bond acceptors (Lipinski definition) is 3. The van der Waals surface area contributed by atoms with Crippen LogP contribution in [0.15, 0.2) is 24.3 Å². The first-order chi connectivity index (χ1) is 10.5. The van der Waals surface area contributed by atoms with Crippen LogP contribution in [0.5, 0.6) is 0 Å². The van der Waals surface area contributed by atoms with E-state index in [1.165, 1.54) is 11.0 Å². The zero-order valence-corrected chi connectivity index (χ0v) is 12.9.